The number of halogens is 1. The molecule has 0 atom stereocenters. The highest BCUT2D eigenvalue weighted by atomic mass is 32.2. The van der Waals surface area contributed by atoms with Crippen LogP contribution in [0.3, 0.4) is 0 Å². The molecule has 0 aliphatic heterocycles. The molecule has 0 radical (unpaired) electrons. The third-order valence-electron chi connectivity index (χ3n) is 1.91. The Hall–Kier alpha value is -1.62. The van der Waals surface area contributed by atoms with Crippen molar-refractivity contribution in [2.45, 2.75) is 5.22 Å². The zero-order chi connectivity index (χ0) is 11.4. The maximum absolute atomic E-state index is 13.2. The minimum absolute atomic E-state index is 0.0987. The number of oxazole rings is 1. The van der Waals surface area contributed by atoms with E-state index in [0.29, 0.717) is 5.22 Å². The number of ketones is 1. The van der Waals surface area contributed by atoms with Gasteiger partial charge in [0.05, 0.1) is 17.5 Å². The Kier molecular flexibility index (Phi) is 3.36. The van der Waals surface area contributed by atoms with E-state index in [2.05, 4.69) is 4.98 Å². The number of Topliss-reactive ketones (excluding diaryl/α,β-unsaturated/α-hetero) is 1. The first-order valence-corrected chi connectivity index (χ1v) is 5.56. The molecule has 0 saturated carbocycles. The van der Waals surface area contributed by atoms with Crippen LogP contribution in [0, 0.1) is 5.82 Å². The summed E-state index contributed by atoms with van der Waals surface area (Å²) in [6.07, 6.45) is 2.92. The SMILES string of the molecule is O=C(CSc1ncco1)c1ccccc1F. The average Bonchev–Trinajstić information content (AvgIpc) is 2.79. The first-order chi connectivity index (χ1) is 7.77. The number of nitrogens with zero attached hydrogens (tertiary/aromatic N) is 1. The van der Waals surface area contributed by atoms with Crippen LogP contribution in [0.5, 0.6) is 0 Å². The van der Waals surface area contributed by atoms with Crippen LogP contribution in [0.4, 0.5) is 4.39 Å². The van der Waals surface area contributed by atoms with Crippen molar-refractivity contribution in [2.75, 3.05) is 5.75 Å². The number of carbonyl (C=O) groups excluding carboxylic acids is 1. The lowest BCUT2D eigenvalue weighted by Crippen LogP contribution is -2.04. The summed E-state index contributed by atoms with van der Waals surface area (Å²) in [7, 11) is 0. The molecule has 0 aliphatic rings. The summed E-state index contributed by atoms with van der Waals surface area (Å²) in [5, 5.41) is 0.407. The zero-order valence-corrected chi connectivity index (χ0v) is 9.04. The second kappa shape index (κ2) is 4.94. The van der Waals surface area contributed by atoms with Crippen molar-refractivity contribution >= 4 is 17.5 Å². The number of aromatic nitrogens is 1. The summed E-state index contributed by atoms with van der Waals surface area (Å²) in [6.45, 7) is 0. The fourth-order valence-electron chi connectivity index (χ4n) is 1.17. The molecule has 0 spiro atoms. The van der Waals surface area contributed by atoms with Gasteiger partial charge in [0.25, 0.3) is 5.22 Å². The molecule has 82 valence electrons. The molecular weight excluding hydrogens is 229 g/mol. The highest BCUT2D eigenvalue weighted by molar-refractivity contribution is 7.99. The maximum atomic E-state index is 13.2. The maximum Gasteiger partial charge on any atom is 0.255 e. The van der Waals surface area contributed by atoms with Gasteiger partial charge in [0.2, 0.25) is 0 Å². The quantitative estimate of drug-likeness (QED) is 0.605. The van der Waals surface area contributed by atoms with Crippen LogP contribution < -0.4 is 0 Å². The van der Waals surface area contributed by atoms with Gasteiger partial charge in [-0.3, -0.25) is 4.79 Å². The molecule has 0 N–H and O–H groups in total. The molecule has 0 unspecified atom stereocenters. The van der Waals surface area contributed by atoms with Crippen molar-refractivity contribution in [1.82, 2.24) is 4.98 Å². The molecule has 5 heteroatoms. The summed E-state index contributed by atoms with van der Waals surface area (Å²) in [5.41, 5.74) is 0.0987. The highest BCUT2D eigenvalue weighted by Gasteiger charge is 2.12. The molecule has 0 fully saturated rings. The molecule has 2 rings (SSSR count). The third kappa shape index (κ3) is 2.49. The smallest absolute Gasteiger partial charge is 0.255 e. The number of hydrogen-bond donors (Lipinski definition) is 0. The van der Waals surface area contributed by atoms with Gasteiger partial charge in [-0.15, -0.1) is 0 Å². The lowest BCUT2D eigenvalue weighted by molar-refractivity contribution is 0.101. The fourth-order valence-corrected chi connectivity index (χ4v) is 1.84. The Morgan fingerprint density at radius 3 is 2.94 bits per heavy atom. The normalized spacial score (nSPS) is 10.3. The van der Waals surface area contributed by atoms with Gasteiger partial charge in [-0.2, -0.15) is 0 Å². The van der Waals surface area contributed by atoms with E-state index in [1.54, 1.807) is 12.1 Å². The van der Waals surface area contributed by atoms with Crippen molar-refractivity contribution in [3.05, 3.63) is 48.1 Å². The Bertz CT molecular complexity index is 484. The molecule has 3 nitrogen and oxygen atoms in total. The first kappa shape index (κ1) is 10.9. The number of carbonyl (C=O) groups is 1. The fraction of sp³-hybridized carbons (Fsp3) is 0.0909. The van der Waals surface area contributed by atoms with E-state index >= 15 is 0 Å². The van der Waals surface area contributed by atoms with Gasteiger partial charge >= 0.3 is 0 Å². The van der Waals surface area contributed by atoms with E-state index in [-0.39, 0.29) is 17.1 Å². The summed E-state index contributed by atoms with van der Waals surface area (Å²) in [5.74, 6) is -0.664. The van der Waals surface area contributed by atoms with E-state index in [1.165, 1.54) is 24.6 Å². The second-order valence-electron chi connectivity index (χ2n) is 2.99. The number of hydrogen-bond acceptors (Lipinski definition) is 4. The van der Waals surface area contributed by atoms with Crippen LogP contribution in [-0.4, -0.2) is 16.5 Å². The van der Waals surface area contributed by atoms with E-state index in [9.17, 15) is 9.18 Å². The van der Waals surface area contributed by atoms with Crippen LogP contribution in [-0.2, 0) is 0 Å². The van der Waals surface area contributed by atoms with E-state index in [1.807, 2.05) is 0 Å². The molecular formula is C11H8FNO2S. The molecule has 0 amide bonds. The van der Waals surface area contributed by atoms with Crippen LogP contribution >= 0.6 is 11.8 Å². The van der Waals surface area contributed by atoms with Crippen LogP contribution in [0.15, 0.2) is 46.4 Å². The molecule has 0 bridgehead atoms. The summed E-state index contributed by atoms with van der Waals surface area (Å²) in [6, 6.07) is 5.91. The second-order valence-corrected chi connectivity index (χ2v) is 3.92. The topological polar surface area (TPSA) is 43.1 Å². The molecule has 16 heavy (non-hydrogen) atoms. The van der Waals surface area contributed by atoms with E-state index in [4.69, 9.17) is 4.42 Å². The van der Waals surface area contributed by atoms with Gasteiger partial charge in [0, 0.05) is 0 Å². The van der Waals surface area contributed by atoms with Gasteiger partial charge < -0.3 is 4.42 Å². The zero-order valence-electron chi connectivity index (χ0n) is 8.22. The monoisotopic (exact) mass is 237 g/mol. The number of rotatable bonds is 4. The molecule has 1 heterocycles. The minimum Gasteiger partial charge on any atom is -0.440 e. The van der Waals surface area contributed by atoms with Crippen LogP contribution in [0.1, 0.15) is 10.4 Å². The first-order valence-electron chi connectivity index (χ1n) is 4.57. The van der Waals surface area contributed by atoms with Crippen molar-refractivity contribution in [2.24, 2.45) is 0 Å². The predicted octanol–water partition coefficient (Wildman–Crippen LogP) is 2.79. The lowest BCUT2D eigenvalue weighted by Gasteiger charge is -2.00. The summed E-state index contributed by atoms with van der Waals surface area (Å²) < 4.78 is 18.2. The van der Waals surface area contributed by atoms with Gasteiger partial charge in [-0.25, -0.2) is 9.37 Å². The van der Waals surface area contributed by atoms with Crippen LogP contribution in [0.25, 0.3) is 0 Å². The number of thioether (sulfide) groups is 1. The average molecular weight is 237 g/mol. The van der Waals surface area contributed by atoms with Gasteiger partial charge in [0.1, 0.15) is 12.1 Å². The molecule has 2 aromatic rings. The van der Waals surface area contributed by atoms with Crippen molar-refractivity contribution in [1.29, 1.82) is 0 Å². The summed E-state index contributed by atoms with van der Waals surface area (Å²) >= 11 is 1.14. The standard InChI is InChI=1S/C11H8FNO2S/c12-9-4-2-1-3-8(9)10(14)7-16-11-13-5-6-15-11/h1-6H,7H2. The molecule has 1 aromatic carbocycles. The van der Waals surface area contributed by atoms with Gasteiger partial charge in [0.15, 0.2) is 5.78 Å². The largest absolute Gasteiger partial charge is 0.440 e. The molecule has 1 aromatic heterocycles. The Labute approximate surface area is 95.7 Å². The van der Waals surface area contributed by atoms with Crippen molar-refractivity contribution in [3.63, 3.8) is 0 Å². The molecule has 0 saturated heterocycles. The van der Waals surface area contributed by atoms with Gasteiger partial charge in [-0.1, -0.05) is 23.9 Å². The van der Waals surface area contributed by atoms with Crippen LogP contribution in [0.2, 0.25) is 0 Å². The summed E-state index contributed by atoms with van der Waals surface area (Å²) in [4.78, 5) is 15.5. The molecule has 0 aliphatic carbocycles. The number of benzene rings is 1. The van der Waals surface area contributed by atoms with Crippen molar-refractivity contribution in [3.8, 4) is 0 Å². The van der Waals surface area contributed by atoms with Gasteiger partial charge in [-0.05, 0) is 12.1 Å². The predicted molar refractivity (Wildman–Crippen MR) is 58.0 cm³/mol. The lowest BCUT2D eigenvalue weighted by atomic mass is 10.1. The Morgan fingerprint density at radius 1 is 1.44 bits per heavy atom. The Balaban J connectivity index is 2.01. The van der Waals surface area contributed by atoms with E-state index < -0.39 is 5.82 Å². The third-order valence-corrected chi connectivity index (χ3v) is 2.77. The Morgan fingerprint density at radius 2 is 2.25 bits per heavy atom. The highest BCUT2D eigenvalue weighted by Crippen LogP contribution is 2.17. The van der Waals surface area contributed by atoms with E-state index in [0.717, 1.165) is 11.8 Å². The minimum atomic E-state index is -0.500. The van der Waals surface area contributed by atoms with Crippen molar-refractivity contribution < 1.29 is 13.6 Å².